The molecule has 1 fully saturated rings. The molecular weight excluding hydrogens is 258 g/mol. The van der Waals surface area contributed by atoms with Gasteiger partial charge in [0.05, 0.1) is 5.52 Å². The first kappa shape index (κ1) is 14.2. The van der Waals surface area contributed by atoms with Gasteiger partial charge in [-0.1, -0.05) is 13.3 Å². The Morgan fingerprint density at radius 3 is 2.67 bits per heavy atom. The van der Waals surface area contributed by atoms with Crippen LogP contribution in [0.4, 0.5) is 11.4 Å². The topological polar surface area (TPSA) is 42.2 Å². The molecule has 0 atom stereocenters. The second kappa shape index (κ2) is 5.92. The lowest BCUT2D eigenvalue weighted by Gasteiger charge is -2.36. The number of nitrogens with two attached hydrogens (primary N) is 1. The number of benzene rings is 1. The zero-order valence-corrected chi connectivity index (χ0v) is 13.0. The summed E-state index contributed by atoms with van der Waals surface area (Å²) in [4.78, 5) is 6.90. The first-order valence-corrected chi connectivity index (χ1v) is 8.06. The lowest BCUT2D eigenvalue weighted by atomic mass is 9.84. The number of aromatic nitrogens is 1. The number of anilines is 2. The van der Waals surface area contributed by atoms with E-state index >= 15 is 0 Å². The molecule has 1 saturated carbocycles. The molecule has 3 nitrogen and oxygen atoms in total. The monoisotopic (exact) mass is 283 g/mol. The van der Waals surface area contributed by atoms with Gasteiger partial charge in [0.2, 0.25) is 0 Å². The van der Waals surface area contributed by atoms with Crippen LogP contribution in [-0.4, -0.2) is 18.1 Å². The van der Waals surface area contributed by atoms with Gasteiger partial charge in [0, 0.05) is 36.0 Å². The maximum absolute atomic E-state index is 5.87. The smallest absolute Gasteiger partial charge is 0.0743 e. The molecule has 3 heteroatoms. The van der Waals surface area contributed by atoms with Gasteiger partial charge in [-0.15, -0.1) is 0 Å². The van der Waals surface area contributed by atoms with Gasteiger partial charge in [-0.2, -0.15) is 0 Å². The van der Waals surface area contributed by atoms with E-state index in [1.54, 1.807) is 0 Å². The summed E-state index contributed by atoms with van der Waals surface area (Å²) >= 11 is 0. The highest BCUT2D eigenvalue weighted by molar-refractivity contribution is 5.93. The largest absolute Gasteiger partial charge is 0.399 e. The summed E-state index contributed by atoms with van der Waals surface area (Å²) in [5.74, 6) is 0.934. The predicted octanol–water partition coefficient (Wildman–Crippen LogP) is 4.22. The van der Waals surface area contributed by atoms with Crippen molar-refractivity contribution in [3.63, 3.8) is 0 Å². The van der Waals surface area contributed by atoms with Crippen molar-refractivity contribution in [2.75, 3.05) is 17.7 Å². The predicted molar refractivity (Wildman–Crippen MR) is 90.6 cm³/mol. The van der Waals surface area contributed by atoms with Crippen molar-refractivity contribution in [2.24, 2.45) is 5.92 Å². The fourth-order valence-electron chi connectivity index (χ4n) is 3.59. The van der Waals surface area contributed by atoms with E-state index in [-0.39, 0.29) is 0 Å². The molecule has 0 unspecified atom stereocenters. The molecule has 0 aliphatic heterocycles. The van der Waals surface area contributed by atoms with Gasteiger partial charge in [-0.05, 0) is 55.9 Å². The second-order valence-corrected chi connectivity index (χ2v) is 6.30. The molecule has 0 bridgehead atoms. The van der Waals surface area contributed by atoms with Crippen LogP contribution in [0.25, 0.3) is 10.9 Å². The Labute approximate surface area is 127 Å². The van der Waals surface area contributed by atoms with Crippen molar-refractivity contribution < 1.29 is 0 Å². The minimum Gasteiger partial charge on any atom is -0.399 e. The summed E-state index contributed by atoms with van der Waals surface area (Å²) in [6, 6.07) is 8.80. The lowest BCUT2D eigenvalue weighted by molar-refractivity contribution is 0.313. The van der Waals surface area contributed by atoms with Crippen molar-refractivity contribution in [1.29, 1.82) is 0 Å². The van der Waals surface area contributed by atoms with E-state index in [4.69, 9.17) is 5.73 Å². The highest BCUT2D eigenvalue weighted by Crippen LogP contribution is 2.33. The van der Waals surface area contributed by atoms with Crippen LogP contribution < -0.4 is 10.6 Å². The highest BCUT2D eigenvalue weighted by atomic mass is 15.1. The molecule has 0 saturated heterocycles. The van der Waals surface area contributed by atoms with Gasteiger partial charge < -0.3 is 10.6 Å². The van der Waals surface area contributed by atoms with E-state index < -0.39 is 0 Å². The molecule has 1 aliphatic carbocycles. The van der Waals surface area contributed by atoms with E-state index in [0.29, 0.717) is 6.04 Å². The number of hydrogen-bond donors (Lipinski definition) is 1. The number of hydrogen-bond acceptors (Lipinski definition) is 3. The SMILES string of the molecule is CCC1CCC(N(C)c2ccnc3cc(N)ccc23)CC1. The van der Waals surface area contributed by atoms with Gasteiger partial charge >= 0.3 is 0 Å². The van der Waals surface area contributed by atoms with Crippen LogP contribution in [0.2, 0.25) is 0 Å². The minimum absolute atomic E-state index is 0.649. The third-order valence-electron chi connectivity index (χ3n) is 5.07. The summed E-state index contributed by atoms with van der Waals surface area (Å²) in [6.07, 6.45) is 8.55. The third-order valence-corrected chi connectivity index (χ3v) is 5.07. The molecule has 21 heavy (non-hydrogen) atoms. The van der Waals surface area contributed by atoms with E-state index in [1.807, 2.05) is 18.3 Å². The zero-order chi connectivity index (χ0) is 14.8. The minimum atomic E-state index is 0.649. The van der Waals surface area contributed by atoms with Gasteiger partial charge in [-0.3, -0.25) is 4.98 Å². The molecule has 2 aromatic rings. The van der Waals surface area contributed by atoms with Gasteiger partial charge in [-0.25, -0.2) is 0 Å². The van der Waals surface area contributed by atoms with Crippen molar-refractivity contribution in [3.8, 4) is 0 Å². The van der Waals surface area contributed by atoms with Crippen LogP contribution in [0.5, 0.6) is 0 Å². The van der Waals surface area contributed by atoms with Gasteiger partial charge in [0.15, 0.2) is 0 Å². The standard InChI is InChI=1S/C18H25N3/c1-3-13-4-7-15(8-5-13)21(2)18-10-11-20-17-12-14(19)6-9-16(17)18/h6,9-13,15H,3-5,7-8,19H2,1-2H3. The molecule has 0 spiro atoms. The number of pyridine rings is 1. The molecule has 2 N–H and O–H groups in total. The summed E-state index contributed by atoms with van der Waals surface area (Å²) in [5, 5.41) is 1.20. The number of rotatable bonds is 3. The molecule has 0 amide bonds. The summed E-state index contributed by atoms with van der Waals surface area (Å²) in [7, 11) is 2.22. The van der Waals surface area contributed by atoms with Crippen molar-refractivity contribution >= 4 is 22.3 Å². The molecule has 1 aliphatic rings. The molecule has 0 radical (unpaired) electrons. The maximum Gasteiger partial charge on any atom is 0.0743 e. The zero-order valence-electron chi connectivity index (χ0n) is 13.0. The Morgan fingerprint density at radius 2 is 1.95 bits per heavy atom. The Morgan fingerprint density at radius 1 is 1.19 bits per heavy atom. The molecule has 1 aromatic heterocycles. The lowest BCUT2D eigenvalue weighted by Crippen LogP contribution is -2.35. The molecular formula is C18H25N3. The van der Waals surface area contributed by atoms with Crippen molar-refractivity contribution in [3.05, 3.63) is 30.5 Å². The second-order valence-electron chi connectivity index (χ2n) is 6.30. The van der Waals surface area contributed by atoms with Crippen LogP contribution in [-0.2, 0) is 0 Å². The number of nitrogen functional groups attached to an aromatic ring is 1. The molecule has 1 heterocycles. The average Bonchev–Trinajstić information content (AvgIpc) is 2.53. The fourth-order valence-corrected chi connectivity index (χ4v) is 3.59. The number of fused-ring (bicyclic) bond motifs is 1. The third kappa shape index (κ3) is 2.82. The van der Waals surface area contributed by atoms with Crippen LogP contribution in [0.3, 0.4) is 0 Å². The van der Waals surface area contributed by atoms with Crippen LogP contribution in [0.1, 0.15) is 39.0 Å². The maximum atomic E-state index is 5.87. The van der Waals surface area contributed by atoms with Gasteiger partial charge in [0.1, 0.15) is 0 Å². The normalized spacial score (nSPS) is 22.4. The van der Waals surface area contributed by atoms with Crippen molar-refractivity contribution in [2.45, 2.75) is 45.1 Å². The van der Waals surface area contributed by atoms with E-state index in [2.05, 4.69) is 36.0 Å². The Balaban J connectivity index is 1.86. The van der Waals surface area contributed by atoms with E-state index in [1.165, 1.54) is 43.2 Å². The first-order valence-electron chi connectivity index (χ1n) is 8.06. The van der Waals surface area contributed by atoms with Crippen molar-refractivity contribution in [1.82, 2.24) is 4.98 Å². The summed E-state index contributed by atoms with van der Waals surface area (Å²) in [5.41, 5.74) is 8.91. The Bertz CT molecular complexity index is 615. The van der Waals surface area contributed by atoms with E-state index in [9.17, 15) is 0 Å². The Hall–Kier alpha value is -1.77. The Kier molecular flexibility index (Phi) is 4.00. The van der Waals surface area contributed by atoms with Crippen LogP contribution in [0, 0.1) is 5.92 Å². The summed E-state index contributed by atoms with van der Waals surface area (Å²) < 4.78 is 0. The average molecular weight is 283 g/mol. The highest BCUT2D eigenvalue weighted by Gasteiger charge is 2.24. The summed E-state index contributed by atoms with van der Waals surface area (Å²) in [6.45, 7) is 2.31. The molecule has 112 valence electrons. The number of nitrogens with zero attached hydrogens (tertiary/aromatic N) is 2. The fraction of sp³-hybridized carbons (Fsp3) is 0.500. The van der Waals surface area contributed by atoms with E-state index in [0.717, 1.165) is 17.1 Å². The molecule has 3 rings (SSSR count). The van der Waals surface area contributed by atoms with Crippen LogP contribution in [0.15, 0.2) is 30.5 Å². The van der Waals surface area contributed by atoms with Crippen LogP contribution >= 0.6 is 0 Å². The first-order chi connectivity index (χ1) is 10.2. The quantitative estimate of drug-likeness (QED) is 0.857. The van der Waals surface area contributed by atoms with Gasteiger partial charge in [0.25, 0.3) is 0 Å². The molecule has 1 aromatic carbocycles.